The van der Waals surface area contributed by atoms with E-state index in [0.717, 1.165) is 25.8 Å². The van der Waals surface area contributed by atoms with E-state index >= 15 is 0 Å². The van der Waals surface area contributed by atoms with Gasteiger partial charge in [0, 0.05) is 33.3 Å². The lowest BCUT2D eigenvalue weighted by Gasteiger charge is -2.10. The molecule has 0 unspecified atom stereocenters. The Balaban J connectivity index is 2.00. The third-order valence-corrected chi connectivity index (χ3v) is 4.39. The molecule has 5 heteroatoms. The van der Waals surface area contributed by atoms with Crippen LogP contribution in [-0.4, -0.2) is 5.11 Å². The number of nitrogens with one attached hydrogen (secondary N) is 1. The summed E-state index contributed by atoms with van der Waals surface area (Å²) in [7, 11) is 0. The molecule has 0 saturated heterocycles. The molecule has 0 bridgehead atoms. The summed E-state index contributed by atoms with van der Waals surface area (Å²) >= 11 is 2.26. The quantitative estimate of drug-likeness (QED) is 0.488. The molecule has 1 aromatic heterocycles. The summed E-state index contributed by atoms with van der Waals surface area (Å²) in [5.41, 5.74) is 2.67. The molecule has 0 spiro atoms. The van der Waals surface area contributed by atoms with Gasteiger partial charge in [-0.25, -0.2) is 4.79 Å². The van der Waals surface area contributed by atoms with Gasteiger partial charge in [0.05, 0.1) is 0 Å². The molecule has 2 N–H and O–H groups in total. The predicted octanol–water partition coefficient (Wildman–Crippen LogP) is 4.28. The van der Waals surface area contributed by atoms with Crippen molar-refractivity contribution in [1.82, 2.24) is 0 Å². The van der Waals surface area contributed by atoms with Crippen LogP contribution in [0.2, 0.25) is 0 Å². The minimum atomic E-state index is -0.416. The first-order valence-corrected chi connectivity index (χ1v) is 8.42. The molecule has 118 valence electrons. The van der Waals surface area contributed by atoms with E-state index < -0.39 is 5.63 Å². The molecule has 0 amide bonds. The van der Waals surface area contributed by atoms with Crippen LogP contribution in [0.1, 0.15) is 18.1 Å². The molecule has 0 radical (unpaired) electrons. The molecule has 0 atom stereocenters. The lowest BCUT2D eigenvalue weighted by molar-refractivity contribution is 0.466. The molecular formula is C18H16INO3. The monoisotopic (exact) mass is 421 g/mol. The van der Waals surface area contributed by atoms with E-state index in [2.05, 4.69) is 27.9 Å². The number of aromatic hydroxyl groups is 1. The molecule has 0 saturated carbocycles. The van der Waals surface area contributed by atoms with Crippen molar-refractivity contribution in [3.63, 3.8) is 0 Å². The largest absolute Gasteiger partial charge is 0.508 e. The van der Waals surface area contributed by atoms with Crippen molar-refractivity contribution in [2.24, 2.45) is 0 Å². The molecule has 4 nitrogen and oxygen atoms in total. The molecular weight excluding hydrogens is 405 g/mol. The Morgan fingerprint density at radius 1 is 1.17 bits per heavy atom. The van der Waals surface area contributed by atoms with Crippen molar-refractivity contribution in [2.75, 3.05) is 5.32 Å². The summed E-state index contributed by atoms with van der Waals surface area (Å²) in [6.07, 6.45) is 0.713. The van der Waals surface area contributed by atoms with Crippen molar-refractivity contribution < 1.29 is 9.52 Å². The molecule has 23 heavy (non-hydrogen) atoms. The number of halogens is 1. The van der Waals surface area contributed by atoms with Crippen LogP contribution in [0.15, 0.2) is 51.7 Å². The zero-order valence-corrected chi connectivity index (χ0v) is 14.8. The van der Waals surface area contributed by atoms with Crippen LogP contribution in [0.4, 0.5) is 5.69 Å². The topological polar surface area (TPSA) is 62.5 Å². The fraction of sp³-hybridized carbons (Fsp3) is 0.167. The molecule has 3 aromatic rings. The van der Waals surface area contributed by atoms with Gasteiger partial charge < -0.3 is 14.8 Å². The van der Waals surface area contributed by atoms with Crippen LogP contribution in [0, 0.1) is 3.57 Å². The first kappa shape index (κ1) is 15.9. The molecule has 0 aliphatic carbocycles. The third-order valence-electron chi connectivity index (χ3n) is 3.72. The second kappa shape index (κ2) is 6.62. The summed E-state index contributed by atoms with van der Waals surface area (Å²) < 4.78 is 6.35. The van der Waals surface area contributed by atoms with Crippen LogP contribution in [0.5, 0.6) is 5.75 Å². The Bertz CT molecular complexity index is 918. The van der Waals surface area contributed by atoms with Gasteiger partial charge in [-0.15, -0.1) is 0 Å². The van der Waals surface area contributed by atoms with Gasteiger partial charge in [0.25, 0.3) is 0 Å². The lowest BCUT2D eigenvalue weighted by Crippen LogP contribution is -2.06. The third kappa shape index (κ3) is 3.50. The Hall–Kier alpha value is -2.02. The van der Waals surface area contributed by atoms with Gasteiger partial charge in [-0.3, -0.25) is 0 Å². The molecule has 0 aliphatic rings. The maximum atomic E-state index is 11.8. The Labute approximate surface area is 147 Å². The van der Waals surface area contributed by atoms with Gasteiger partial charge in [-0.05, 0) is 64.4 Å². The highest BCUT2D eigenvalue weighted by Gasteiger charge is 2.10. The molecule has 1 heterocycles. The van der Waals surface area contributed by atoms with Crippen LogP contribution in [0.25, 0.3) is 11.0 Å². The lowest BCUT2D eigenvalue weighted by atomic mass is 10.0. The minimum absolute atomic E-state index is 0.158. The van der Waals surface area contributed by atoms with Crippen molar-refractivity contribution in [2.45, 2.75) is 19.9 Å². The molecule has 3 rings (SSSR count). The van der Waals surface area contributed by atoms with E-state index in [-0.39, 0.29) is 5.75 Å². The number of hydrogen-bond donors (Lipinski definition) is 2. The number of aryl methyl sites for hydroxylation is 1. The Morgan fingerprint density at radius 3 is 2.74 bits per heavy atom. The summed E-state index contributed by atoms with van der Waals surface area (Å²) in [6, 6.07) is 12.9. The van der Waals surface area contributed by atoms with E-state index in [1.165, 1.54) is 12.1 Å². The second-order valence-corrected chi connectivity index (χ2v) is 6.53. The van der Waals surface area contributed by atoms with Gasteiger partial charge in [0.2, 0.25) is 0 Å². The van der Waals surface area contributed by atoms with Crippen LogP contribution in [-0.2, 0) is 13.0 Å². The number of phenolic OH excluding ortho intramolecular Hbond substituents is 1. The van der Waals surface area contributed by atoms with E-state index in [0.29, 0.717) is 18.5 Å². The Kier molecular flexibility index (Phi) is 4.56. The average Bonchev–Trinajstić information content (AvgIpc) is 2.52. The minimum Gasteiger partial charge on any atom is -0.508 e. The van der Waals surface area contributed by atoms with Gasteiger partial charge in [-0.2, -0.15) is 0 Å². The van der Waals surface area contributed by atoms with Gasteiger partial charge >= 0.3 is 5.63 Å². The van der Waals surface area contributed by atoms with Gasteiger partial charge in [0.1, 0.15) is 11.3 Å². The zero-order valence-electron chi connectivity index (χ0n) is 12.6. The highest BCUT2D eigenvalue weighted by Crippen LogP contribution is 2.27. The number of hydrogen-bond acceptors (Lipinski definition) is 4. The molecule has 0 fully saturated rings. The van der Waals surface area contributed by atoms with E-state index in [9.17, 15) is 9.90 Å². The average molecular weight is 421 g/mol. The number of rotatable bonds is 4. The first-order chi connectivity index (χ1) is 11.1. The standard InChI is InChI=1S/C18H16INO3/c1-2-11-6-15-12(7-18(22)23-17(15)9-16(11)21)10-20-14-5-3-4-13(19)8-14/h3-9,20-21H,2,10H2,1H3. The smallest absolute Gasteiger partial charge is 0.336 e. The molecule has 0 aliphatic heterocycles. The zero-order chi connectivity index (χ0) is 16.4. The van der Waals surface area contributed by atoms with Crippen LogP contribution in [0.3, 0.4) is 0 Å². The summed E-state index contributed by atoms with van der Waals surface area (Å²) in [4.78, 5) is 11.8. The summed E-state index contributed by atoms with van der Waals surface area (Å²) in [6.45, 7) is 2.49. The highest BCUT2D eigenvalue weighted by atomic mass is 127. The molecule has 2 aromatic carbocycles. The van der Waals surface area contributed by atoms with Crippen LogP contribution >= 0.6 is 22.6 Å². The first-order valence-electron chi connectivity index (χ1n) is 7.35. The van der Waals surface area contributed by atoms with Gasteiger partial charge in [0.15, 0.2) is 0 Å². The predicted molar refractivity (Wildman–Crippen MR) is 100 cm³/mol. The fourth-order valence-corrected chi connectivity index (χ4v) is 3.08. The van der Waals surface area contributed by atoms with E-state index in [1.54, 1.807) is 0 Å². The van der Waals surface area contributed by atoms with Crippen molar-refractivity contribution in [1.29, 1.82) is 0 Å². The van der Waals surface area contributed by atoms with Crippen LogP contribution < -0.4 is 10.9 Å². The normalized spacial score (nSPS) is 10.9. The van der Waals surface area contributed by atoms with Gasteiger partial charge in [-0.1, -0.05) is 13.0 Å². The van der Waals surface area contributed by atoms with E-state index in [1.807, 2.05) is 37.3 Å². The van der Waals surface area contributed by atoms with Crippen molar-refractivity contribution in [3.8, 4) is 5.75 Å². The maximum Gasteiger partial charge on any atom is 0.336 e. The summed E-state index contributed by atoms with van der Waals surface area (Å²) in [5, 5.41) is 14.1. The number of fused-ring (bicyclic) bond motifs is 1. The van der Waals surface area contributed by atoms with Crippen molar-refractivity contribution in [3.05, 3.63) is 67.6 Å². The van der Waals surface area contributed by atoms with E-state index in [4.69, 9.17) is 4.42 Å². The maximum absolute atomic E-state index is 11.8. The number of anilines is 1. The number of phenols is 1. The second-order valence-electron chi connectivity index (χ2n) is 5.29. The SMILES string of the molecule is CCc1cc2c(CNc3cccc(I)c3)cc(=O)oc2cc1O. The Morgan fingerprint density at radius 2 is 2.00 bits per heavy atom. The van der Waals surface area contributed by atoms with Crippen molar-refractivity contribution >= 4 is 39.2 Å². The number of benzene rings is 2. The highest BCUT2D eigenvalue weighted by molar-refractivity contribution is 14.1. The fourth-order valence-electron chi connectivity index (χ4n) is 2.53. The summed E-state index contributed by atoms with van der Waals surface area (Å²) in [5.74, 6) is 0.158.